The number of carboxylic acid groups (broad SMARTS) is 3. The number of benzene rings is 1. The van der Waals surface area contributed by atoms with Crippen LogP contribution in [-0.2, 0) is 35.2 Å². The number of carbonyl (C=O) groups is 6. The fourth-order valence-corrected chi connectivity index (χ4v) is 3.04. The highest BCUT2D eigenvalue weighted by atomic mass is 16.4. The molecule has 3 amide bonds. The van der Waals surface area contributed by atoms with Crippen LogP contribution in [0.25, 0.3) is 0 Å². The van der Waals surface area contributed by atoms with Crippen molar-refractivity contribution >= 4 is 35.6 Å². The summed E-state index contributed by atoms with van der Waals surface area (Å²) in [6, 6.07) is 2.68. The molecule has 0 saturated carbocycles. The van der Waals surface area contributed by atoms with Gasteiger partial charge in [-0.25, -0.2) is 4.79 Å². The van der Waals surface area contributed by atoms with Crippen molar-refractivity contribution in [2.24, 2.45) is 11.7 Å². The van der Waals surface area contributed by atoms with Crippen LogP contribution in [0.3, 0.4) is 0 Å². The summed E-state index contributed by atoms with van der Waals surface area (Å²) in [6.07, 6.45) is -1.69. The number of amides is 3. The van der Waals surface area contributed by atoms with Crippen LogP contribution < -0.4 is 21.7 Å². The van der Waals surface area contributed by atoms with E-state index >= 15 is 0 Å². The molecule has 0 aliphatic rings. The first-order chi connectivity index (χ1) is 16.3. The van der Waals surface area contributed by atoms with Gasteiger partial charge >= 0.3 is 17.9 Å². The molecule has 192 valence electrons. The minimum atomic E-state index is -1.67. The lowest BCUT2D eigenvalue weighted by Gasteiger charge is -2.25. The fourth-order valence-electron chi connectivity index (χ4n) is 3.04. The zero-order valence-corrected chi connectivity index (χ0v) is 19.3. The monoisotopic (exact) mass is 494 g/mol. The zero-order valence-electron chi connectivity index (χ0n) is 19.3. The van der Waals surface area contributed by atoms with Gasteiger partial charge in [-0.3, -0.25) is 24.0 Å². The van der Waals surface area contributed by atoms with Gasteiger partial charge in [-0.15, -0.1) is 0 Å². The molecular formula is C22H30N4O9. The summed E-state index contributed by atoms with van der Waals surface area (Å²) >= 11 is 0. The van der Waals surface area contributed by atoms with Gasteiger partial charge in [0, 0.05) is 6.42 Å². The molecule has 13 heteroatoms. The van der Waals surface area contributed by atoms with Crippen molar-refractivity contribution in [3.8, 4) is 0 Å². The van der Waals surface area contributed by atoms with Crippen LogP contribution in [0, 0.1) is 5.92 Å². The fraction of sp³-hybridized carbons (Fsp3) is 0.455. The molecule has 0 aromatic heterocycles. The molecule has 0 bridgehead atoms. The first-order valence-electron chi connectivity index (χ1n) is 10.7. The standard InChI is InChI=1S/C22H30N4O9/c1-11(2)18(22(34)35)26-21(33)14(8-12-6-4-3-5-7-12)25-20(32)15(10-17(29)30)24-19(31)13(23)9-16(27)28/h3-7,11,13-15,18H,8-10,23H2,1-2H3,(H,24,31)(H,25,32)(H,26,33)(H,27,28)(H,29,30)(H,34,35). The van der Waals surface area contributed by atoms with Crippen molar-refractivity contribution in [1.82, 2.24) is 16.0 Å². The van der Waals surface area contributed by atoms with Crippen LogP contribution >= 0.6 is 0 Å². The highest BCUT2D eigenvalue weighted by Gasteiger charge is 2.32. The molecule has 1 rings (SSSR count). The van der Waals surface area contributed by atoms with Crippen molar-refractivity contribution in [2.45, 2.75) is 57.3 Å². The molecule has 35 heavy (non-hydrogen) atoms. The molecular weight excluding hydrogens is 464 g/mol. The quantitative estimate of drug-likeness (QED) is 0.162. The van der Waals surface area contributed by atoms with Crippen LogP contribution in [0.1, 0.15) is 32.3 Å². The lowest BCUT2D eigenvalue weighted by Crippen LogP contribution is -2.58. The van der Waals surface area contributed by atoms with Crippen LogP contribution in [0.4, 0.5) is 0 Å². The van der Waals surface area contributed by atoms with Crippen molar-refractivity contribution in [3.63, 3.8) is 0 Å². The number of aliphatic carboxylic acids is 3. The molecule has 0 aliphatic carbocycles. The summed E-state index contributed by atoms with van der Waals surface area (Å²) in [7, 11) is 0. The smallest absolute Gasteiger partial charge is 0.326 e. The van der Waals surface area contributed by atoms with Gasteiger partial charge in [0.05, 0.1) is 18.9 Å². The minimum absolute atomic E-state index is 0.0604. The van der Waals surface area contributed by atoms with Gasteiger partial charge in [0.25, 0.3) is 0 Å². The summed E-state index contributed by atoms with van der Waals surface area (Å²) in [6.45, 7) is 3.17. The van der Waals surface area contributed by atoms with Crippen molar-refractivity contribution in [2.75, 3.05) is 0 Å². The van der Waals surface area contributed by atoms with Gasteiger partial charge in [-0.2, -0.15) is 0 Å². The number of nitrogens with one attached hydrogen (secondary N) is 3. The Morgan fingerprint density at radius 3 is 1.77 bits per heavy atom. The molecule has 8 N–H and O–H groups in total. The largest absolute Gasteiger partial charge is 0.481 e. The Morgan fingerprint density at radius 1 is 0.771 bits per heavy atom. The minimum Gasteiger partial charge on any atom is -0.481 e. The van der Waals surface area contributed by atoms with Crippen LogP contribution in [-0.4, -0.2) is 75.1 Å². The molecule has 4 atom stereocenters. The summed E-state index contributed by atoms with van der Waals surface area (Å²) in [4.78, 5) is 71.5. The van der Waals surface area contributed by atoms with Crippen molar-refractivity contribution in [3.05, 3.63) is 35.9 Å². The molecule has 4 unspecified atom stereocenters. The van der Waals surface area contributed by atoms with E-state index in [0.29, 0.717) is 5.56 Å². The Balaban J connectivity index is 3.13. The second kappa shape index (κ2) is 13.6. The summed E-state index contributed by atoms with van der Waals surface area (Å²) < 4.78 is 0. The molecule has 1 aromatic carbocycles. The van der Waals surface area contributed by atoms with Gasteiger partial charge in [-0.05, 0) is 11.5 Å². The van der Waals surface area contributed by atoms with E-state index in [-0.39, 0.29) is 6.42 Å². The van der Waals surface area contributed by atoms with Gasteiger partial charge in [0.15, 0.2) is 0 Å². The van der Waals surface area contributed by atoms with Crippen molar-refractivity contribution < 1.29 is 44.1 Å². The Hall–Kier alpha value is -4.00. The number of hydrogen-bond donors (Lipinski definition) is 7. The molecule has 0 heterocycles. The highest BCUT2D eigenvalue weighted by molar-refractivity contribution is 5.96. The number of hydrogen-bond acceptors (Lipinski definition) is 7. The van der Waals surface area contributed by atoms with Gasteiger partial charge in [0.2, 0.25) is 17.7 Å². The number of nitrogens with two attached hydrogens (primary N) is 1. The van der Waals surface area contributed by atoms with Crippen LogP contribution in [0.5, 0.6) is 0 Å². The van der Waals surface area contributed by atoms with Crippen LogP contribution in [0.15, 0.2) is 30.3 Å². The predicted octanol–water partition coefficient (Wildman–Crippen LogP) is -1.30. The molecule has 0 saturated heterocycles. The maximum Gasteiger partial charge on any atom is 0.326 e. The normalized spacial score (nSPS) is 14.2. The van der Waals surface area contributed by atoms with E-state index in [4.69, 9.17) is 15.9 Å². The van der Waals surface area contributed by atoms with E-state index < -0.39 is 78.6 Å². The molecule has 0 aliphatic heterocycles. The van der Waals surface area contributed by atoms with Crippen molar-refractivity contribution in [1.29, 1.82) is 0 Å². The van der Waals surface area contributed by atoms with Gasteiger partial charge in [-0.1, -0.05) is 44.2 Å². The predicted molar refractivity (Wildman–Crippen MR) is 121 cm³/mol. The average Bonchev–Trinajstić information content (AvgIpc) is 2.75. The van der Waals surface area contributed by atoms with Gasteiger partial charge in [0.1, 0.15) is 18.1 Å². The Bertz CT molecular complexity index is 936. The number of carboxylic acids is 3. The SMILES string of the molecule is CC(C)C(NC(=O)C(Cc1ccccc1)NC(=O)C(CC(=O)O)NC(=O)C(N)CC(=O)O)C(=O)O. The topological polar surface area (TPSA) is 225 Å². The number of carbonyl (C=O) groups excluding carboxylic acids is 3. The molecule has 1 aromatic rings. The maximum absolute atomic E-state index is 12.9. The first kappa shape index (κ1) is 29.0. The van der Waals surface area contributed by atoms with E-state index in [1.165, 1.54) is 0 Å². The molecule has 0 radical (unpaired) electrons. The number of rotatable bonds is 14. The molecule has 0 fully saturated rings. The van der Waals surface area contributed by atoms with E-state index in [9.17, 15) is 33.9 Å². The van der Waals surface area contributed by atoms with E-state index in [2.05, 4.69) is 16.0 Å². The molecule has 0 spiro atoms. The van der Waals surface area contributed by atoms with Crippen LogP contribution in [0.2, 0.25) is 0 Å². The Kier molecular flexibility index (Phi) is 11.3. The third-order valence-corrected chi connectivity index (χ3v) is 4.89. The lowest BCUT2D eigenvalue weighted by atomic mass is 10.0. The van der Waals surface area contributed by atoms with E-state index in [1.54, 1.807) is 44.2 Å². The van der Waals surface area contributed by atoms with Gasteiger partial charge < -0.3 is 37.0 Å². The summed E-state index contributed by atoms with van der Waals surface area (Å²) in [5.41, 5.74) is 6.09. The zero-order chi connectivity index (χ0) is 26.7. The summed E-state index contributed by atoms with van der Waals surface area (Å²) in [5.74, 6) is -7.51. The summed E-state index contributed by atoms with van der Waals surface area (Å²) in [5, 5.41) is 34.1. The Labute approximate surface area is 201 Å². The van der Waals surface area contributed by atoms with E-state index in [1.807, 2.05) is 0 Å². The highest BCUT2D eigenvalue weighted by Crippen LogP contribution is 2.08. The lowest BCUT2D eigenvalue weighted by molar-refractivity contribution is -0.144. The maximum atomic E-state index is 12.9. The second-order valence-corrected chi connectivity index (χ2v) is 8.18. The average molecular weight is 495 g/mol. The Morgan fingerprint density at radius 2 is 1.29 bits per heavy atom. The third-order valence-electron chi connectivity index (χ3n) is 4.89. The second-order valence-electron chi connectivity index (χ2n) is 8.18. The third kappa shape index (κ3) is 10.2. The molecule has 13 nitrogen and oxygen atoms in total. The van der Waals surface area contributed by atoms with E-state index in [0.717, 1.165) is 0 Å². The first-order valence-corrected chi connectivity index (χ1v) is 10.7.